The lowest BCUT2D eigenvalue weighted by atomic mass is 10.0. The molecule has 0 rings (SSSR count). The number of hydrogen-bond acceptors (Lipinski definition) is 6. The van der Waals surface area contributed by atoms with Crippen molar-refractivity contribution >= 4 is 17.9 Å². The Morgan fingerprint density at radius 2 is 0.500 bits per heavy atom. The van der Waals surface area contributed by atoms with Crippen molar-refractivity contribution < 1.29 is 28.6 Å². The van der Waals surface area contributed by atoms with Gasteiger partial charge in [0.1, 0.15) is 13.2 Å². The van der Waals surface area contributed by atoms with E-state index in [1.165, 1.54) is 250 Å². The van der Waals surface area contributed by atoms with Gasteiger partial charge >= 0.3 is 17.9 Å². The molecule has 0 aromatic rings. The van der Waals surface area contributed by atoms with E-state index in [1.54, 1.807) is 0 Å². The van der Waals surface area contributed by atoms with Crippen molar-refractivity contribution in [3.8, 4) is 0 Å². The van der Waals surface area contributed by atoms with Crippen molar-refractivity contribution in [2.75, 3.05) is 13.2 Å². The highest BCUT2D eigenvalue weighted by Crippen LogP contribution is 2.19. The average molecular weight is 1100 g/mol. The SMILES string of the molecule is CC/C=C\C/C=C\C/C=C\CCCCCCCC(=O)OCC(COC(=O)CCCCCCCCCCCCCCCCCCCCCCCCCCCC)OC(=O)CCCCCCCCCCCCCCCCCCCCC. The molecule has 0 saturated carbocycles. The number of carbonyl (C=O) groups excluding carboxylic acids is 3. The van der Waals surface area contributed by atoms with Gasteiger partial charge in [-0.15, -0.1) is 0 Å². The van der Waals surface area contributed by atoms with Crippen molar-refractivity contribution in [1.29, 1.82) is 0 Å². The molecule has 0 N–H and O–H groups in total. The molecular formula is C72H134O6. The van der Waals surface area contributed by atoms with E-state index in [9.17, 15) is 14.4 Å². The Kier molecular flexibility index (Phi) is 65.1. The van der Waals surface area contributed by atoms with Gasteiger partial charge in [0.15, 0.2) is 6.10 Å². The number of hydrogen-bond donors (Lipinski definition) is 0. The van der Waals surface area contributed by atoms with Crippen molar-refractivity contribution in [2.24, 2.45) is 0 Å². The number of carbonyl (C=O) groups is 3. The van der Waals surface area contributed by atoms with Gasteiger partial charge in [-0.1, -0.05) is 353 Å². The summed E-state index contributed by atoms with van der Waals surface area (Å²) < 4.78 is 17.0. The van der Waals surface area contributed by atoms with Crippen LogP contribution >= 0.6 is 0 Å². The second-order valence-electron chi connectivity index (χ2n) is 23.8. The van der Waals surface area contributed by atoms with Crippen LogP contribution in [0.5, 0.6) is 0 Å². The standard InChI is InChI=1S/C72H134O6/c1-4-7-10-13-16-19-22-25-28-30-32-33-34-35-36-37-38-40-41-44-47-50-53-56-59-62-65-71(74)77-68-69(67-76-70(73)64-61-58-55-52-49-46-43-27-24-21-18-15-12-9-6-3)78-72(75)66-63-60-57-54-51-48-45-42-39-31-29-26-23-20-17-14-11-8-5-2/h9,12,18,21,27,43,69H,4-8,10-11,13-17,19-20,22-26,28-42,44-68H2,1-3H3/b12-9-,21-18-,43-27-. The maximum absolute atomic E-state index is 12.9. The van der Waals surface area contributed by atoms with Crippen LogP contribution in [0.4, 0.5) is 0 Å². The second kappa shape index (κ2) is 67.1. The fourth-order valence-corrected chi connectivity index (χ4v) is 10.7. The Balaban J connectivity index is 4.24. The van der Waals surface area contributed by atoms with Gasteiger partial charge in [0.05, 0.1) is 0 Å². The summed E-state index contributed by atoms with van der Waals surface area (Å²) in [6.45, 7) is 6.60. The van der Waals surface area contributed by atoms with Gasteiger partial charge in [0.25, 0.3) is 0 Å². The summed E-state index contributed by atoms with van der Waals surface area (Å²) in [4.78, 5) is 38.4. The minimum absolute atomic E-state index is 0.0719. The second-order valence-corrected chi connectivity index (χ2v) is 23.8. The molecule has 458 valence electrons. The Morgan fingerprint density at radius 3 is 0.782 bits per heavy atom. The number of esters is 3. The van der Waals surface area contributed by atoms with Crippen molar-refractivity contribution in [1.82, 2.24) is 0 Å². The molecule has 0 spiro atoms. The van der Waals surface area contributed by atoms with E-state index in [0.717, 1.165) is 96.3 Å². The number of unbranched alkanes of at least 4 members (excludes halogenated alkanes) is 48. The van der Waals surface area contributed by atoms with Gasteiger partial charge in [-0.05, 0) is 51.4 Å². The van der Waals surface area contributed by atoms with Crippen LogP contribution < -0.4 is 0 Å². The van der Waals surface area contributed by atoms with E-state index in [-0.39, 0.29) is 31.1 Å². The molecule has 0 aromatic carbocycles. The molecule has 0 amide bonds. The topological polar surface area (TPSA) is 78.9 Å². The summed E-state index contributed by atoms with van der Waals surface area (Å²) in [5, 5.41) is 0. The zero-order chi connectivity index (χ0) is 56.4. The Hall–Kier alpha value is -2.37. The monoisotopic (exact) mass is 1100 g/mol. The predicted molar refractivity (Wildman–Crippen MR) is 339 cm³/mol. The minimum Gasteiger partial charge on any atom is -0.462 e. The van der Waals surface area contributed by atoms with E-state index in [4.69, 9.17) is 14.2 Å². The summed E-state index contributed by atoms with van der Waals surface area (Å²) in [6.07, 6.45) is 83.2. The van der Waals surface area contributed by atoms with Crippen LogP contribution in [0.1, 0.15) is 387 Å². The smallest absolute Gasteiger partial charge is 0.306 e. The Bertz CT molecular complexity index is 1300. The largest absolute Gasteiger partial charge is 0.462 e. The zero-order valence-electron chi connectivity index (χ0n) is 52.7. The van der Waals surface area contributed by atoms with Gasteiger partial charge in [-0.25, -0.2) is 0 Å². The third-order valence-electron chi connectivity index (χ3n) is 15.9. The first-order valence-electron chi connectivity index (χ1n) is 35.0. The maximum atomic E-state index is 12.9. The van der Waals surface area contributed by atoms with Gasteiger partial charge in [0.2, 0.25) is 0 Å². The molecule has 0 aliphatic heterocycles. The molecule has 1 atom stereocenters. The summed E-state index contributed by atoms with van der Waals surface area (Å²) >= 11 is 0. The number of ether oxygens (including phenoxy) is 3. The molecule has 0 radical (unpaired) electrons. The highest BCUT2D eigenvalue weighted by molar-refractivity contribution is 5.71. The molecule has 1 unspecified atom stereocenters. The minimum atomic E-state index is -0.777. The lowest BCUT2D eigenvalue weighted by Crippen LogP contribution is -2.30. The summed E-state index contributed by atoms with van der Waals surface area (Å²) in [7, 11) is 0. The molecule has 6 nitrogen and oxygen atoms in total. The van der Waals surface area contributed by atoms with E-state index in [2.05, 4.69) is 57.2 Å². The highest BCUT2D eigenvalue weighted by atomic mass is 16.6. The molecule has 78 heavy (non-hydrogen) atoms. The fraction of sp³-hybridized carbons (Fsp3) is 0.875. The van der Waals surface area contributed by atoms with Crippen LogP contribution in [-0.2, 0) is 28.6 Å². The predicted octanol–water partition coefficient (Wildman–Crippen LogP) is 23.9. The van der Waals surface area contributed by atoms with E-state index >= 15 is 0 Å². The number of rotatable bonds is 65. The third-order valence-corrected chi connectivity index (χ3v) is 15.9. The first-order valence-corrected chi connectivity index (χ1v) is 35.0. The van der Waals surface area contributed by atoms with E-state index in [1.807, 2.05) is 0 Å². The molecule has 0 fully saturated rings. The van der Waals surface area contributed by atoms with Crippen molar-refractivity contribution in [2.45, 2.75) is 393 Å². The van der Waals surface area contributed by atoms with E-state index < -0.39 is 6.10 Å². The van der Waals surface area contributed by atoms with Crippen LogP contribution in [0.15, 0.2) is 36.5 Å². The maximum Gasteiger partial charge on any atom is 0.306 e. The molecule has 0 bridgehead atoms. The Labute approximate surface area is 486 Å². The third kappa shape index (κ3) is 64.5. The summed E-state index contributed by atoms with van der Waals surface area (Å²) in [5.41, 5.74) is 0. The van der Waals surface area contributed by atoms with Crippen LogP contribution in [0.25, 0.3) is 0 Å². The van der Waals surface area contributed by atoms with Crippen LogP contribution in [-0.4, -0.2) is 37.2 Å². The molecule has 0 aliphatic carbocycles. The van der Waals surface area contributed by atoms with Gasteiger partial charge in [-0.3, -0.25) is 14.4 Å². The summed E-state index contributed by atoms with van der Waals surface area (Å²) in [6, 6.07) is 0. The molecule has 0 heterocycles. The van der Waals surface area contributed by atoms with Crippen molar-refractivity contribution in [3.05, 3.63) is 36.5 Å². The molecule has 0 aliphatic rings. The first kappa shape index (κ1) is 75.6. The fourth-order valence-electron chi connectivity index (χ4n) is 10.7. The normalized spacial score (nSPS) is 12.2. The quantitative estimate of drug-likeness (QED) is 0.0261. The molecular weight excluding hydrogens is 961 g/mol. The van der Waals surface area contributed by atoms with Crippen LogP contribution in [0.2, 0.25) is 0 Å². The molecule has 0 saturated heterocycles. The lowest BCUT2D eigenvalue weighted by Gasteiger charge is -2.18. The molecule has 0 aromatic heterocycles. The van der Waals surface area contributed by atoms with E-state index in [0.29, 0.717) is 19.3 Å². The first-order chi connectivity index (χ1) is 38.5. The van der Waals surface area contributed by atoms with Gasteiger partial charge in [-0.2, -0.15) is 0 Å². The Morgan fingerprint density at radius 1 is 0.269 bits per heavy atom. The highest BCUT2D eigenvalue weighted by Gasteiger charge is 2.19. The average Bonchev–Trinajstić information content (AvgIpc) is 3.44. The van der Waals surface area contributed by atoms with Gasteiger partial charge in [0, 0.05) is 19.3 Å². The zero-order valence-corrected chi connectivity index (χ0v) is 52.7. The van der Waals surface area contributed by atoms with Crippen LogP contribution in [0, 0.1) is 0 Å². The summed E-state index contributed by atoms with van der Waals surface area (Å²) in [5.74, 6) is -0.859. The van der Waals surface area contributed by atoms with Crippen LogP contribution in [0.3, 0.4) is 0 Å². The van der Waals surface area contributed by atoms with Crippen molar-refractivity contribution in [3.63, 3.8) is 0 Å². The number of allylic oxidation sites excluding steroid dienone is 6. The van der Waals surface area contributed by atoms with Gasteiger partial charge < -0.3 is 14.2 Å². The lowest BCUT2D eigenvalue weighted by molar-refractivity contribution is -0.167. The molecule has 6 heteroatoms.